The summed E-state index contributed by atoms with van der Waals surface area (Å²) in [5.74, 6) is 0.811. The number of aromatic nitrogens is 5. The Labute approximate surface area is 163 Å². The number of carbonyl (C=O) groups is 1. The molecule has 0 N–H and O–H groups in total. The van der Waals surface area contributed by atoms with Crippen LogP contribution < -0.4 is 0 Å². The number of carbonyl (C=O) groups excluding carboxylic acids is 1. The molecule has 1 aliphatic rings. The van der Waals surface area contributed by atoms with Gasteiger partial charge in [0.25, 0.3) is 5.91 Å². The van der Waals surface area contributed by atoms with Crippen LogP contribution in [-0.4, -0.2) is 48.3 Å². The zero-order valence-corrected chi connectivity index (χ0v) is 16.4. The fourth-order valence-corrected chi connectivity index (χ4v) is 3.88. The lowest BCUT2D eigenvalue weighted by atomic mass is 10.1. The van der Waals surface area contributed by atoms with Crippen LogP contribution in [0.5, 0.6) is 0 Å². The van der Waals surface area contributed by atoms with Gasteiger partial charge in [-0.15, -0.1) is 0 Å². The molecule has 0 unspecified atom stereocenters. The van der Waals surface area contributed by atoms with Crippen LogP contribution in [0.15, 0.2) is 29.3 Å². The molecule has 4 heterocycles. The minimum atomic E-state index is 0.0652. The summed E-state index contributed by atoms with van der Waals surface area (Å²) in [5, 5.41) is 8.08. The minimum absolute atomic E-state index is 0.0652. The van der Waals surface area contributed by atoms with Crippen LogP contribution in [0.4, 0.5) is 0 Å². The van der Waals surface area contributed by atoms with Crippen molar-refractivity contribution >= 4 is 5.91 Å². The number of nitrogens with zero attached hydrogens (tertiary/aromatic N) is 6. The van der Waals surface area contributed by atoms with E-state index in [9.17, 15) is 4.79 Å². The molecule has 1 amide bonds. The van der Waals surface area contributed by atoms with Crippen LogP contribution >= 0.6 is 0 Å². The summed E-state index contributed by atoms with van der Waals surface area (Å²) in [6, 6.07) is 0.233. The van der Waals surface area contributed by atoms with E-state index in [0.29, 0.717) is 5.56 Å². The molecule has 8 heteroatoms. The van der Waals surface area contributed by atoms with Gasteiger partial charge in [-0.3, -0.25) is 19.4 Å². The third kappa shape index (κ3) is 3.54. The van der Waals surface area contributed by atoms with Crippen LogP contribution in [0, 0.1) is 13.8 Å². The molecule has 4 rings (SSSR count). The number of likely N-dealkylation sites (tertiary alicyclic amines) is 1. The molecule has 1 aliphatic heterocycles. The number of hydrogen-bond acceptors (Lipinski definition) is 6. The van der Waals surface area contributed by atoms with E-state index in [4.69, 9.17) is 4.52 Å². The summed E-state index contributed by atoms with van der Waals surface area (Å²) in [4.78, 5) is 23.8. The van der Waals surface area contributed by atoms with Crippen molar-refractivity contribution in [2.24, 2.45) is 7.05 Å². The van der Waals surface area contributed by atoms with E-state index in [1.54, 1.807) is 23.3 Å². The van der Waals surface area contributed by atoms with Crippen LogP contribution in [0.2, 0.25) is 0 Å². The van der Waals surface area contributed by atoms with Gasteiger partial charge < -0.3 is 9.42 Å². The topological polar surface area (TPSA) is 89.9 Å². The molecular formula is C20H24N6O2. The number of aryl methyl sites for hydroxylation is 4. The van der Waals surface area contributed by atoms with Crippen molar-refractivity contribution < 1.29 is 9.32 Å². The predicted octanol–water partition coefficient (Wildman–Crippen LogP) is 2.72. The van der Waals surface area contributed by atoms with E-state index in [-0.39, 0.29) is 11.9 Å². The van der Waals surface area contributed by atoms with Crippen LogP contribution in [0.3, 0.4) is 0 Å². The molecule has 1 fully saturated rings. The Kier molecular flexibility index (Phi) is 4.93. The van der Waals surface area contributed by atoms with E-state index < -0.39 is 0 Å². The minimum Gasteiger partial charge on any atom is -0.361 e. The smallest absolute Gasteiger partial charge is 0.257 e. The number of hydrogen-bond donors (Lipinski definition) is 0. The highest BCUT2D eigenvalue weighted by atomic mass is 16.5. The summed E-state index contributed by atoms with van der Waals surface area (Å²) in [6.45, 7) is 4.57. The molecule has 0 spiro atoms. The molecule has 28 heavy (non-hydrogen) atoms. The molecule has 0 saturated carbocycles. The van der Waals surface area contributed by atoms with Gasteiger partial charge in [0.1, 0.15) is 5.76 Å². The Morgan fingerprint density at radius 2 is 2.11 bits per heavy atom. The van der Waals surface area contributed by atoms with Gasteiger partial charge in [-0.05, 0) is 39.5 Å². The second-order valence-electron chi connectivity index (χ2n) is 7.33. The van der Waals surface area contributed by atoms with E-state index >= 15 is 0 Å². The maximum absolute atomic E-state index is 12.8. The molecular weight excluding hydrogens is 356 g/mol. The predicted molar refractivity (Wildman–Crippen MR) is 103 cm³/mol. The van der Waals surface area contributed by atoms with Crippen molar-refractivity contribution in [2.45, 2.75) is 45.6 Å². The molecule has 1 atom stereocenters. The van der Waals surface area contributed by atoms with Crippen molar-refractivity contribution in [1.29, 1.82) is 0 Å². The van der Waals surface area contributed by atoms with Gasteiger partial charge in [0, 0.05) is 32.0 Å². The molecule has 3 aromatic rings. The number of rotatable bonds is 5. The van der Waals surface area contributed by atoms with Crippen molar-refractivity contribution in [3.63, 3.8) is 0 Å². The first-order valence-electron chi connectivity index (χ1n) is 9.56. The van der Waals surface area contributed by atoms with Gasteiger partial charge in [-0.1, -0.05) is 5.16 Å². The van der Waals surface area contributed by atoms with Gasteiger partial charge in [-0.2, -0.15) is 5.10 Å². The largest absolute Gasteiger partial charge is 0.361 e. The molecule has 0 radical (unpaired) electrons. The summed E-state index contributed by atoms with van der Waals surface area (Å²) in [5.41, 5.74) is 4.07. The molecule has 1 saturated heterocycles. The van der Waals surface area contributed by atoms with Gasteiger partial charge in [0.15, 0.2) is 0 Å². The third-order valence-electron chi connectivity index (χ3n) is 5.32. The van der Waals surface area contributed by atoms with Crippen molar-refractivity contribution in [1.82, 2.24) is 29.8 Å². The van der Waals surface area contributed by atoms with Crippen LogP contribution in [0.1, 0.15) is 46.8 Å². The summed E-state index contributed by atoms with van der Waals surface area (Å²) >= 11 is 0. The molecule has 146 valence electrons. The van der Waals surface area contributed by atoms with Gasteiger partial charge in [0.05, 0.1) is 40.6 Å². The molecule has 0 bridgehead atoms. The Morgan fingerprint density at radius 1 is 1.25 bits per heavy atom. The second-order valence-corrected chi connectivity index (χ2v) is 7.33. The second kappa shape index (κ2) is 7.53. The Bertz CT molecular complexity index is 956. The van der Waals surface area contributed by atoms with Crippen molar-refractivity contribution in [3.05, 3.63) is 47.5 Å². The standard InChI is InChI=1S/C20H24N6O2/c1-13-19(14(2)28-24-13)18-11-21-16(10-22-18)6-7-17-5-4-8-26(17)20(27)15-9-23-25(3)12-15/h9-12,17H,4-8H2,1-3H3/t17-/m0/s1. The zero-order chi connectivity index (χ0) is 19.7. The summed E-state index contributed by atoms with van der Waals surface area (Å²) in [7, 11) is 1.82. The normalized spacial score (nSPS) is 16.7. The SMILES string of the molecule is Cc1noc(C)c1-c1cnc(CC[C@@H]2CCCN2C(=O)c2cnn(C)c2)cn1. The summed E-state index contributed by atoms with van der Waals surface area (Å²) < 4.78 is 6.87. The van der Waals surface area contributed by atoms with E-state index in [1.165, 1.54) is 0 Å². The van der Waals surface area contributed by atoms with E-state index in [0.717, 1.165) is 60.6 Å². The van der Waals surface area contributed by atoms with Gasteiger partial charge in [0.2, 0.25) is 0 Å². The molecule has 8 nitrogen and oxygen atoms in total. The first-order valence-corrected chi connectivity index (χ1v) is 9.56. The third-order valence-corrected chi connectivity index (χ3v) is 5.32. The fourth-order valence-electron chi connectivity index (χ4n) is 3.88. The first kappa shape index (κ1) is 18.3. The monoisotopic (exact) mass is 380 g/mol. The highest BCUT2D eigenvalue weighted by Gasteiger charge is 2.29. The first-order chi connectivity index (χ1) is 13.5. The average molecular weight is 380 g/mol. The highest BCUT2D eigenvalue weighted by molar-refractivity contribution is 5.94. The van der Waals surface area contributed by atoms with Gasteiger partial charge in [-0.25, -0.2) is 0 Å². The van der Waals surface area contributed by atoms with Crippen molar-refractivity contribution in [2.75, 3.05) is 6.54 Å². The lowest BCUT2D eigenvalue weighted by molar-refractivity contribution is 0.0730. The Morgan fingerprint density at radius 3 is 2.75 bits per heavy atom. The Hall–Kier alpha value is -3.03. The maximum atomic E-state index is 12.8. The van der Waals surface area contributed by atoms with Crippen LogP contribution in [-0.2, 0) is 13.5 Å². The zero-order valence-electron chi connectivity index (χ0n) is 16.4. The fraction of sp³-hybridized carbons (Fsp3) is 0.450. The molecule has 0 aromatic carbocycles. The van der Waals surface area contributed by atoms with Crippen molar-refractivity contribution in [3.8, 4) is 11.3 Å². The molecule has 0 aliphatic carbocycles. The van der Waals surface area contributed by atoms with E-state index in [1.807, 2.05) is 32.0 Å². The highest BCUT2D eigenvalue weighted by Crippen LogP contribution is 2.26. The van der Waals surface area contributed by atoms with Crippen LogP contribution in [0.25, 0.3) is 11.3 Å². The number of amides is 1. The Balaban J connectivity index is 1.40. The quantitative estimate of drug-likeness (QED) is 0.676. The summed E-state index contributed by atoms with van der Waals surface area (Å²) in [6.07, 6.45) is 10.7. The average Bonchev–Trinajstić information content (AvgIpc) is 3.41. The maximum Gasteiger partial charge on any atom is 0.257 e. The van der Waals surface area contributed by atoms with E-state index in [2.05, 4.69) is 20.2 Å². The lowest BCUT2D eigenvalue weighted by Gasteiger charge is -2.24. The lowest BCUT2D eigenvalue weighted by Crippen LogP contribution is -2.35. The molecule has 3 aromatic heterocycles. The van der Waals surface area contributed by atoms with Gasteiger partial charge >= 0.3 is 0 Å².